The molecule has 2 aromatic heterocycles. The van der Waals surface area contributed by atoms with Gasteiger partial charge < -0.3 is 14.6 Å². The third-order valence-electron chi connectivity index (χ3n) is 4.15. The highest BCUT2D eigenvalue weighted by atomic mass is 32.1. The van der Waals surface area contributed by atoms with E-state index in [1.165, 1.54) is 0 Å². The van der Waals surface area contributed by atoms with Crippen molar-refractivity contribution >= 4 is 22.9 Å². The van der Waals surface area contributed by atoms with Crippen molar-refractivity contribution in [1.29, 1.82) is 0 Å². The van der Waals surface area contributed by atoms with Gasteiger partial charge in [-0.05, 0) is 48.2 Å². The SMILES string of the molecule is Cc1cccc(Oc2ccccc2NC(=O)CCc2nc(-c3cccs3)no2)c1. The van der Waals surface area contributed by atoms with Crippen molar-refractivity contribution in [3.8, 4) is 22.2 Å². The number of nitrogens with zero attached hydrogens (tertiary/aromatic N) is 2. The minimum Gasteiger partial charge on any atom is -0.455 e. The second-order valence-corrected chi connectivity index (χ2v) is 7.40. The number of thiophene rings is 1. The molecule has 0 saturated heterocycles. The number of ether oxygens (including phenoxy) is 1. The van der Waals surface area contributed by atoms with E-state index in [1.807, 2.05) is 73.0 Å². The predicted molar refractivity (Wildman–Crippen MR) is 112 cm³/mol. The van der Waals surface area contributed by atoms with E-state index in [0.717, 1.165) is 16.2 Å². The lowest BCUT2D eigenvalue weighted by atomic mass is 10.2. The minimum absolute atomic E-state index is 0.152. The third-order valence-corrected chi connectivity index (χ3v) is 5.02. The van der Waals surface area contributed by atoms with Crippen LogP contribution in [-0.4, -0.2) is 16.0 Å². The topological polar surface area (TPSA) is 77.2 Å². The number of carbonyl (C=O) groups is 1. The molecular weight excluding hydrogens is 386 g/mol. The maximum Gasteiger partial charge on any atom is 0.227 e. The number of para-hydroxylation sites is 2. The number of hydrogen-bond acceptors (Lipinski definition) is 6. The number of amides is 1. The number of benzene rings is 2. The largest absolute Gasteiger partial charge is 0.455 e. The number of aryl methyl sites for hydroxylation is 2. The summed E-state index contributed by atoms with van der Waals surface area (Å²) in [4.78, 5) is 17.7. The van der Waals surface area contributed by atoms with Crippen molar-refractivity contribution in [2.75, 3.05) is 5.32 Å². The van der Waals surface area contributed by atoms with Crippen molar-refractivity contribution in [2.45, 2.75) is 19.8 Å². The Morgan fingerprint density at radius 2 is 2.03 bits per heavy atom. The van der Waals surface area contributed by atoms with Gasteiger partial charge in [-0.1, -0.05) is 35.5 Å². The summed E-state index contributed by atoms with van der Waals surface area (Å²) in [7, 11) is 0. The average Bonchev–Trinajstić information content (AvgIpc) is 3.40. The van der Waals surface area contributed by atoms with Crippen molar-refractivity contribution in [3.05, 3.63) is 77.5 Å². The summed E-state index contributed by atoms with van der Waals surface area (Å²) >= 11 is 1.54. The highest BCUT2D eigenvalue weighted by molar-refractivity contribution is 7.13. The normalized spacial score (nSPS) is 10.7. The van der Waals surface area contributed by atoms with E-state index in [-0.39, 0.29) is 12.3 Å². The molecule has 0 saturated carbocycles. The molecule has 7 heteroatoms. The Morgan fingerprint density at radius 1 is 1.14 bits per heavy atom. The molecular formula is C22H19N3O3S. The molecule has 4 aromatic rings. The van der Waals surface area contributed by atoms with Gasteiger partial charge >= 0.3 is 0 Å². The van der Waals surface area contributed by atoms with Crippen LogP contribution in [0.15, 0.2) is 70.6 Å². The first-order chi connectivity index (χ1) is 14.2. The summed E-state index contributed by atoms with van der Waals surface area (Å²) in [5.74, 6) is 2.14. The Kier molecular flexibility index (Phi) is 5.67. The smallest absolute Gasteiger partial charge is 0.227 e. The van der Waals surface area contributed by atoms with Gasteiger partial charge in [0.2, 0.25) is 17.6 Å². The van der Waals surface area contributed by atoms with Crippen molar-refractivity contribution in [1.82, 2.24) is 10.1 Å². The quantitative estimate of drug-likeness (QED) is 0.441. The molecule has 0 radical (unpaired) electrons. The molecule has 2 aromatic carbocycles. The van der Waals surface area contributed by atoms with Crippen LogP contribution >= 0.6 is 11.3 Å². The minimum atomic E-state index is -0.152. The van der Waals surface area contributed by atoms with E-state index in [0.29, 0.717) is 29.6 Å². The van der Waals surface area contributed by atoms with E-state index in [2.05, 4.69) is 15.5 Å². The Hall–Kier alpha value is -3.45. The van der Waals surface area contributed by atoms with Crippen LogP contribution in [0.3, 0.4) is 0 Å². The maximum atomic E-state index is 12.4. The summed E-state index contributed by atoms with van der Waals surface area (Å²) in [6.07, 6.45) is 0.593. The van der Waals surface area contributed by atoms with Gasteiger partial charge in [-0.15, -0.1) is 11.3 Å². The molecule has 0 bridgehead atoms. The van der Waals surface area contributed by atoms with E-state index in [4.69, 9.17) is 9.26 Å². The van der Waals surface area contributed by atoms with E-state index < -0.39 is 0 Å². The molecule has 1 N–H and O–H groups in total. The Labute approximate surface area is 172 Å². The Bertz CT molecular complexity index is 1110. The lowest BCUT2D eigenvalue weighted by Crippen LogP contribution is -2.13. The fourth-order valence-corrected chi connectivity index (χ4v) is 3.41. The molecule has 0 unspecified atom stereocenters. The fraction of sp³-hybridized carbons (Fsp3) is 0.136. The number of nitrogens with one attached hydrogen (secondary N) is 1. The zero-order valence-corrected chi connectivity index (χ0v) is 16.6. The number of rotatable bonds is 7. The Balaban J connectivity index is 1.37. The molecule has 1 amide bonds. The molecule has 0 spiro atoms. The number of carbonyl (C=O) groups excluding carboxylic acids is 1. The first-order valence-corrected chi connectivity index (χ1v) is 10.1. The van der Waals surface area contributed by atoms with Crippen LogP contribution in [0.25, 0.3) is 10.7 Å². The lowest BCUT2D eigenvalue weighted by Gasteiger charge is -2.12. The van der Waals surface area contributed by atoms with Crippen LogP contribution in [0.4, 0.5) is 5.69 Å². The first kappa shape index (κ1) is 18.9. The van der Waals surface area contributed by atoms with Crippen LogP contribution in [0.5, 0.6) is 11.5 Å². The van der Waals surface area contributed by atoms with Crippen molar-refractivity contribution < 1.29 is 14.1 Å². The number of anilines is 1. The van der Waals surface area contributed by atoms with Crippen LogP contribution in [0.2, 0.25) is 0 Å². The second-order valence-electron chi connectivity index (χ2n) is 6.45. The van der Waals surface area contributed by atoms with E-state index in [1.54, 1.807) is 11.3 Å². The molecule has 0 fully saturated rings. The van der Waals surface area contributed by atoms with Gasteiger partial charge in [0.15, 0.2) is 5.75 Å². The highest BCUT2D eigenvalue weighted by Gasteiger charge is 2.13. The van der Waals surface area contributed by atoms with Crippen LogP contribution in [0.1, 0.15) is 17.9 Å². The molecule has 0 aliphatic rings. The molecule has 0 aliphatic heterocycles. The molecule has 0 atom stereocenters. The van der Waals surface area contributed by atoms with E-state index in [9.17, 15) is 4.79 Å². The van der Waals surface area contributed by atoms with Gasteiger partial charge in [0.1, 0.15) is 5.75 Å². The van der Waals surface area contributed by atoms with Crippen LogP contribution in [-0.2, 0) is 11.2 Å². The van der Waals surface area contributed by atoms with Gasteiger partial charge in [0.25, 0.3) is 0 Å². The summed E-state index contributed by atoms with van der Waals surface area (Å²) in [5.41, 5.74) is 1.72. The predicted octanol–water partition coefficient (Wildman–Crippen LogP) is 5.47. The molecule has 146 valence electrons. The zero-order valence-electron chi connectivity index (χ0n) is 15.8. The zero-order chi connectivity index (χ0) is 20.1. The number of hydrogen-bond donors (Lipinski definition) is 1. The van der Waals surface area contributed by atoms with Crippen molar-refractivity contribution in [3.63, 3.8) is 0 Å². The van der Waals surface area contributed by atoms with Gasteiger partial charge in [0.05, 0.1) is 10.6 Å². The summed E-state index contributed by atoms with van der Waals surface area (Å²) in [6.45, 7) is 2.00. The van der Waals surface area contributed by atoms with Crippen molar-refractivity contribution in [2.24, 2.45) is 0 Å². The average molecular weight is 405 g/mol. The van der Waals surface area contributed by atoms with Gasteiger partial charge in [-0.25, -0.2) is 0 Å². The highest BCUT2D eigenvalue weighted by Crippen LogP contribution is 2.30. The first-order valence-electron chi connectivity index (χ1n) is 9.17. The lowest BCUT2D eigenvalue weighted by molar-refractivity contribution is -0.116. The van der Waals surface area contributed by atoms with Crippen LogP contribution < -0.4 is 10.1 Å². The third kappa shape index (κ3) is 4.89. The molecule has 29 heavy (non-hydrogen) atoms. The van der Waals surface area contributed by atoms with Gasteiger partial charge in [-0.2, -0.15) is 4.98 Å². The van der Waals surface area contributed by atoms with Gasteiger partial charge in [0, 0.05) is 12.8 Å². The van der Waals surface area contributed by atoms with Crippen LogP contribution in [0, 0.1) is 6.92 Å². The van der Waals surface area contributed by atoms with Gasteiger partial charge in [-0.3, -0.25) is 4.79 Å². The Morgan fingerprint density at radius 3 is 2.86 bits per heavy atom. The molecule has 4 rings (SSSR count). The standard InChI is InChI=1S/C22H19N3O3S/c1-15-6-4-7-16(14-15)27-18-9-3-2-8-17(18)23-20(26)11-12-21-24-22(25-28-21)19-10-5-13-29-19/h2-10,13-14H,11-12H2,1H3,(H,23,26). The number of aromatic nitrogens is 2. The molecule has 6 nitrogen and oxygen atoms in total. The summed E-state index contributed by atoms with van der Waals surface area (Å²) < 4.78 is 11.2. The maximum absolute atomic E-state index is 12.4. The van der Waals surface area contributed by atoms with E-state index >= 15 is 0 Å². The monoisotopic (exact) mass is 405 g/mol. The molecule has 0 aliphatic carbocycles. The fourth-order valence-electron chi connectivity index (χ4n) is 2.76. The summed E-state index contributed by atoms with van der Waals surface area (Å²) in [5, 5.41) is 8.81. The second kappa shape index (κ2) is 8.70. The molecule has 2 heterocycles. The summed E-state index contributed by atoms with van der Waals surface area (Å²) in [6, 6.07) is 19.0.